The Labute approximate surface area is 174 Å². The highest BCUT2D eigenvalue weighted by Gasteiger charge is 2.15. The van der Waals surface area contributed by atoms with Crippen molar-refractivity contribution >= 4 is 28.7 Å². The summed E-state index contributed by atoms with van der Waals surface area (Å²) in [5.74, 6) is -0.388. The van der Waals surface area contributed by atoms with E-state index in [2.05, 4.69) is 4.98 Å². The first-order valence-corrected chi connectivity index (χ1v) is 9.63. The molecule has 0 aliphatic rings. The fourth-order valence-corrected chi connectivity index (χ4v) is 3.12. The molecular formula is C24H23NO5. The maximum Gasteiger partial charge on any atom is 0.341 e. The number of ether oxygens (including phenoxy) is 2. The number of hydrogen-bond acceptors (Lipinski definition) is 5. The van der Waals surface area contributed by atoms with E-state index in [1.54, 1.807) is 31.2 Å². The van der Waals surface area contributed by atoms with Crippen LogP contribution in [0.3, 0.4) is 0 Å². The van der Waals surface area contributed by atoms with E-state index >= 15 is 0 Å². The van der Waals surface area contributed by atoms with Crippen molar-refractivity contribution in [3.63, 3.8) is 0 Å². The number of fused-ring (bicyclic) bond motifs is 1. The number of ketones is 1. The van der Waals surface area contributed by atoms with Crippen LogP contribution in [0.2, 0.25) is 0 Å². The molecule has 0 radical (unpaired) electrons. The van der Waals surface area contributed by atoms with E-state index < -0.39 is 5.97 Å². The second-order valence-electron chi connectivity index (χ2n) is 6.85. The molecule has 0 fully saturated rings. The van der Waals surface area contributed by atoms with Crippen molar-refractivity contribution in [1.29, 1.82) is 0 Å². The van der Waals surface area contributed by atoms with Gasteiger partial charge in [0.05, 0.1) is 12.1 Å². The van der Waals surface area contributed by atoms with Gasteiger partial charge in [-0.1, -0.05) is 30.3 Å². The van der Waals surface area contributed by atoms with Crippen LogP contribution in [0, 0.1) is 6.92 Å². The van der Waals surface area contributed by atoms with Crippen LogP contribution >= 0.6 is 0 Å². The molecule has 0 saturated carbocycles. The summed E-state index contributed by atoms with van der Waals surface area (Å²) in [5.41, 5.74) is 3.09. The van der Waals surface area contributed by atoms with Crippen LogP contribution in [-0.4, -0.2) is 23.3 Å². The number of aromatic nitrogens is 1. The van der Waals surface area contributed by atoms with Crippen LogP contribution in [0.5, 0.6) is 5.75 Å². The topological polar surface area (TPSA) is 85.5 Å². The van der Waals surface area contributed by atoms with Crippen molar-refractivity contribution in [2.45, 2.75) is 27.4 Å². The summed E-state index contributed by atoms with van der Waals surface area (Å²) >= 11 is 0. The molecule has 0 aliphatic heterocycles. The predicted octanol–water partition coefficient (Wildman–Crippen LogP) is 3.95. The molecular weight excluding hydrogens is 382 g/mol. The fraction of sp³-hybridized carbons (Fsp3) is 0.208. The molecule has 0 unspecified atom stereocenters. The maximum absolute atomic E-state index is 12.0. The third kappa shape index (κ3) is 4.84. The summed E-state index contributed by atoms with van der Waals surface area (Å²) in [6, 6.07) is 14.4. The quantitative estimate of drug-likeness (QED) is 0.278. The van der Waals surface area contributed by atoms with Gasteiger partial charge >= 0.3 is 5.97 Å². The van der Waals surface area contributed by atoms with E-state index in [1.165, 1.54) is 19.1 Å². The third-order valence-electron chi connectivity index (χ3n) is 4.63. The van der Waals surface area contributed by atoms with Crippen molar-refractivity contribution in [1.82, 2.24) is 4.98 Å². The molecule has 0 spiro atoms. The van der Waals surface area contributed by atoms with Crippen LogP contribution in [0.1, 0.15) is 30.5 Å². The maximum atomic E-state index is 12.0. The SMILES string of the molecule is CCOC(=O)C(=Cc1ccc(OCc2cc(=O)[nH]c3c(C)cccc23)cc1)C(C)=O. The number of para-hydroxylation sites is 1. The first-order valence-electron chi connectivity index (χ1n) is 9.63. The van der Waals surface area contributed by atoms with Crippen molar-refractivity contribution in [2.24, 2.45) is 0 Å². The molecule has 3 rings (SSSR count). The van der Waals surface area contributed by atoms with Gasteiger partial charge in [-0.2, -0.15) is 0 Å². The van der Waals surface area contributed by atoms with E-state index in [0.717, 1.165) is 22.0 Å². The molecule has 0 atom stereocenters. The molecule has 3 aromatic rings. The van der Waals surface area contributed by atoms with E-state index in [9.17, 15) is 14.4 Å². The summed E-state index contributed by atoms with van der Waals surface area (Å²) in [5, 5.41) is 0.940. The summed E-state index contributed by atoms with van der Waals surface area (Å²) in [6.45, 7) is 5.40. The zero-order chi connectivity index (χ0) is 21.7. The molecule has 0 saturated heterocycles. The standard InChI is InChI=1S/C24H23NO5/c1-4-29-24(28)21(16(3)26)12-17-8-10-19(11-9-17)30-14-18-13-22(27)25-23-15(2)6-5-7-20(18)23/h5-13H,4,14H2,1-3H3,(H,25,27). The molecule has 0 amide bonds. The summed E-state index contributed by atoms with van der Waals surface area (Å²) < 4.78 is 10.8. The largest absolute Gasteiger partial charge is 0.489 e. The van der Waals surface area contributed by atoms with Crippen LogP contribution in [0.4, 0.5) is 0 Å². The van der Waals surface area contributed by atoms with Gasteiger partial charge in [0.15, 0.2) is 5.78 Å². The predicted molar refractivity (Wildman–Crippen MR) is 115 cm³/mol. The molecule has 154 valence electrons. The summed E-state index contributed by atoms with van der Waals surface area (Å²) in [7, 11) is 0. The highest BCUT2D eigenvalue weighted by atomic mass is 16.5. The number of esters is 1. The lowest BCUT2D eigenvalue weighted by atomic mass is 10.1. The number of pyridine rings is 1. The van der Waals surface area contributed by atoms with E-state index in [0.29, 0.717) is 11.3 Å². The number of aromatic amines is 1. The molecule has 1 aromatic heterocycles. The molecule has 1 N–H and O–H groups in total. The van der Waals surface area contributed by atoms with Gasteiger partial charge < -0.3 is 14.5 Å². The van der Waals surface area contributed by atoms with Crippen LogP contribution < -0.4 is 10.3 Å². The number of rotatable bonds is 7. The molecule has 30 heavy (non-hydrogen) atoms. The summed E-state index contributed by atoms with van der Waals surface area (Å²) in [6.07, 6.45) is 1.50. The third-order valence-corrected chi connectivity index (χ3v) is 4.63. The highest BCUT2D eigenvalue weighted by Crippen LogP contribution is 2.21. The van der Waals surface area contributed by atoms with Gasteiger partial charge in [-0.05, 0) is 50.1 Å². The summed E-state index contributed by atoms with van der Waals surface area (Å²) in [4.78, 5) is 38.5. The Bertz CT molecular complexity index is 1170. The first kappa shape index (κ1) is 21.0. The minimum absolute atomic E-state index is 0.00383. The number of carbonyl (C=O) groups is 2. The van der Waals surface area contributed by atoms with Crippen LogP contribution in [-0.2, 0) is 20.9 Å². The van der Waals surface area contributed by atoms with Crippen molar-refractivity contribution in [3.8, 4) is 5.75 Å². The lowest BCUT2D eigenvalue weighted by molar-refractivity contribution is -0.139. The zero-order valence-electron chi connectivity index (χ0n) is 17.2. The highest BCUT2D eigenvalue weighted by molar-refractivity contribution is 6.19. The van der Waals surface area contributed by atoms with E-state index in [1.807, 2.05) is 25.1 Å². The van der Waals surface area contributed by atoms with Crippen LogP contribution in [0.25, 0.3) is 17.0 Å². The number of carbonyl (C=O) groups excluding carboxylic acids is 2. The number of benzene rings is 2. The number of aryl methyl sites for hydroxylation is 1. The van der Waals surface area contributed by atoms with Gasteiger partial charge in [-0.25, -0.2) is 4.79 Å². The number of nitrogens with one attached hydrogen (secondary N) is 1. The molecule has 2 aromatic carbocycles. The smallest absolute Gasteiger partial charge is 0.341 e. The number of H-pyrrole nitrogens is 1. The molecule has 0 bridgehead atoms. The van der Waals surface area contributed by atoms with Crippen LogP contribution in [0.15, 0.2) is 58.9 Å². The normalized spacial score (nSPS) is 11.4. The molecule has 6 heteroatoms. The molecule has 1 heterocycles. The number of hydrogen-bond donors (Lipinski definition) is 1. The van der Waals surface area contributed by atoms with Gasteiger partial charge in [0.2, 0.25) is 5.56 Å². The Balaban J connectivity index is 1.79. The van der Waals surface area contributed by atoms with Gasteiger partial charge in [0.1, 0.15) is 17.9 Å². The Hall–Kier alpha value is -3.67. The Morgan fingerprint density at radius 2 is 1.83 bits per heavy atom. The van der Waals surface area contributed by atoms with Crippen molar-refractivity contribution in [3.05, 3.63) is 81.1 Å². The Morgan fingerprint density at radius 3 is 2.50 bits per heavy atom. The van der Waals surface area contributed by atoms with Gasteiger partial charge in [0.25, 0.3) is 0 Å². The first-order chi connectivity index (χ1) is 14.4. The average Bonchev–Trinajstić information content (AvgIpc) is 2.71. The Morgan fingerprint density at radius 1 is 1.10 bits per heavy atom. The van der Waals surface area contributed by atoms with Gasteiger partial charge in [0, 0.05) is 17.0 Å². The number of Topliss-reactive ketones (excluding diaryl/α,β-unsaturated/α-hetero) is 1. The molecule has 0 aliphatic carbocycles. The second-order valence-corrected chi connectivity index (χ2v) is 6.85. The van der Waals surface area contributed by atoms with Crippen molar-refractivity contribution in [2.75, 3.05) is 6.61 Å². The second kappa shape index (κ2) is 9.22. The van der Waals surface area contributed by atoms with E-state index in [-0.39, 0.29) is 30.1 Å². The average molecular weight is 405 g/mol. The minimum Gasteiger partial charge on any atom is -0.489 e. The minimum atomic E-state index is -0.637. The monoisotopic (exact) mass is 405 g/mol. The lowest BCUT2D eigenvalue weighted by Crippen LogP contribution is -2.13. The Kier molecular flexibility index (Phi) is 6.47. The molecule has 6 nitrogen and oxygen atoms in total. The van der Waals surface area contributed by atoms with Gasteiger partial charge in [-0.15, -0.1) is 0 Å². The van der Waals surface area contributed by atoms with Gasteiger partial charge in [-0.3, -0.25) is 9.59 Å². The lowest BCUT2D eigenvalue weighted by Gasteiger charge is -2.10. The fourth-order valence-electron chi connectivity index (χ4n) is 3.12. The zero-order valence-corrected chi connectivity index (χ0v) is 17.2. The van der Waals surface area contributed by atoms with E-state index in [4.69, 9.17) is 9.47 Å². The van der Waals surface area contributed by atoms with Crippen molar-refractivity contribution < 1.29 is 19.1 Å².